The number of rotatable bonds is 6. The predicted octanol–water partition coefficient (Wildman–Crippen LogP) is 3.99. The highest BCUT2D eigenvalue weighted by atomic mass is 35.5. The molecule has 0 fully saturated rings. The molecule has 0 saturated carbocycles. The molecule has 0 amide bonds. The van der Waals surface area contributed by atoms with Gasteiger partial charge in [-0.2, -0.15) is 0 Å². The fourth-order valence-electron chi connectivity index (χ4n) is 2.18. The summed E-state index contributed by atoms with van der Waals surface area (Å²) in [6.07, 6.45) is -1.18. The number of hydrogen-bond donors (Lipinski definition) is 1. The van der Waals surface area contributed by atoms with Crippen LogP contribution >= 0.6 is 11.6 Å². The van der Waals surface area contributed by atoms with Gasteiger partial charge in [-0.05, 0) is 30.7 Å². The van der Waals surface area contributed by atoms with E-state index in [4.69, 9.17) is 21.1 Å². The number of benzene rings is 2. The van der Waals surface area contributed by atoms with Gasteiger partial charge in [-0.3, -0.25) is 0 Å². The predicted molar refractivity (Wildman–Crippen MR) is 83.7 cm³/mol. The Hall–Kier alpha value is -1.55. The van der Waals surface area contributed by atoms with Gasteiger partial charge in [0.05, 0.1) is 19.8 Å². The average molecular weight is 307 g/mol. The number of hydrogen-bond acceptors (Lipinski definition) is 3. The molecule has 2 atom stereocenters. The molecule has 2 unspecified atom stereocenters. The van der Waals surface area contributed by atoms with Crippen molar-refractivity contribution in [2.45, 2.75) is 25.7 Å². The minimum absolute atomic E-state index is 0.409. The molecule has 0 radical (unpaired) electrons. The Labute approximate surface area is 130 Å². The van der Waals surface area contributed by atoms with E-state index in [2.05, 4.69) is 0 Å². The smallest absolute Gasteiger partial charge is 0.124 e. The van der Waals surface area contributed by atoms with Crippen molar-refractivity contribution in [3.05, 3.63) is 64.7 Å². The fourth-order valence-corrected chi connectivity index (χ4v) is 2.36. The van der Waals surface area contributed by atoms with Crippen LogP contribution in [0.1, 0.15) is 24.2 Å². The van der Waals surface area contributed by atoms with Crippen molar-refractivity contribution in [1.82, 2.24) is 0 Å². The molecule has 2 aromatic carbocycles. The van der Waals surface area contributed by atoms with Gasteiger partial charge in [0.25, 0.3) is 0 Å². The first kappa shape index (κ1) is 15.8. The van der Waals surface area contributed by atoms with Gasteiger partial charge >= 0.3 is 0 Å². The molecule has 2 aromatic rings. The van der Waals surface area contributed by atoms with E-state index in [9.17, 15) is 5.11 Å². The van der Waals surface area contributed by atoms with Crippen LogP contribution in [0, 0.1) is 0 Å². The maximum atomic E-state index is 10.0. The zero-order valence-electron chi connectivity index (χ0n) is 12.1. The summed E-state index contributed by atoms with van der Waals surface area (Å²) in [5, 5.41) is 10.6. The van der Waals surface area contributed by atoms with E-state index in [1.54, 1.807) is 32.2 Å². The maximum absolute atomic E-state index is 10.0. The summed E-state index contributed by atoms with van der Waals surface area (Å²) in [4.78, 5) is 0. The highest BCUT2D eigenvalue weighted by Gasteiger charge is 2.22. The van der Waals surface area contributed by atoms with Gasteiger partial charge in [0.15, 0.2) is 0 Å². The van der Waals surface area contributed by atoms with E-state index < -0.39 is 12.2 Å². The zero-order valence-corrected chi connectivity index (χ0v) is 12.9. The lowest BCUT2D eigenvalue weighted by molar-refractivity contribution is -0.0411. The molecule has 0 saturated heterocycles. The van der Waals surface area contributed by atoms with Crippen molar-refractivity contribution < 1.29 is 14.6 Å². The van der Waals surface area contributed by atoms with E-state index >= 15 is 0 Å². The third-order valence-electron chi connectivity index (χ3n) is 3.21. The number of aliphatic hydroxyl groups is 1. The van der Waals surface area contributed by atoms with Crippen molar-refractivity contribution >= 4 is 11.6 Å². The molecular weight excluding hydrogens is 288 g/mol. The molecule has 112 valence electrons. The van der Waals surface area contributed by atoms with E-state index in [0.29, 0.717) is 17.4 Å². The third-order valence-corrected chi connectivity index (χ3v) is 3.44. The van der Waals surface area contributed by atoms with Crippen LogP contribution in [0.3, 0.4) is 0 Å². The molecule has 0 aliphatic carbocycles. The monoisotopic (exact) mass is 306 g/mol. The fraction of sp³-hybridized carbons (Fsp3) is 0.294. The molecule has 0 aliphatic rings. The molecule has 4 heteroatoms. The Morgan fingerprint density at radius 1 is 1.14 bits per heavy atom. The Kier molecular flexibility index (Phi) is 5.62. The van der Waals surface area contributed by atoms with Gasteiger partial charge < -0.3 is 14.6 Å². The van der Waals surface area contributed by atoms with Gasteiger partial charge in [-0.15, -0.1) is 0 Å². The van der Waals surface area contributed by atoms with Gasteiger partial charge in [-0.25, -0.2) is 0 Å². The summed E-state index contributed by atoms with van der Waals surface area (Å²) in [5.74, 6) is 0.651. The van der Waals surface area contributed by atoms with Crippen LogP contribution in [0.2, 0.25) is 5.02 Å². The van der Waals surface area contributed by atoms with Crippen LogP contribution in [-0.4, -0.2) is 18.3 Å². The van der Waals surface area contributed by atoms with E-state index in [-0.39, 0.29) is 0 Å². The van der Waals surface area contributed by atoms with E-state index in [0.717, 1.165) is 11.1 Å². The molecule has 1 N–H and O–H groups in total. The Balaban J connectivity index is 2.21. The molecule has 0 spiro atoms. The topological polar surface area (TPSA) is 38.7 Å². The van der Waals surface area contributed by atoms with Gasteiger partial charge in [0, 0.05) is 10.6 Å². The second-order valence-corrected chi connectivity index (χ2v) is 5.28. The average Bonchev–Trinajstić information content (AvgIpc) is 2.48. The minimum Gasteiger partial charge on any atom is -0.496 e. The maximum Gasteiger partial charge on any atom is 0.124 e. The Morgan fingerprint density at radius 3 is 2.48 bits per heavy atom. The molecule has 21 heavy (non-hydrogen) atoms. The summed E-state index contributed by atoms with van der Waals surface area (Å²) in [5.41, 5.74) is 1.79. The zero-order chi connectivity index (χ0) is 15.2. The van der Waals surface area contributed by atoms with Crippen LogP contribution in [0.4, 0.5) is 0 Å². The highest BCUT2D eigenvalue weighted by molar-refractivity contribution is 6.30. The summed E-state index contributed by atoms with van der Waals surface area (Å²) >= 11 is 6.05. The molecule has 3 nitrogen and oxygen atoms in total. The number of halogens is 1. The van der Waals surface area contributed by atoms with Crippen LogP contribution < -0.4 is 4.74 Å². The second kappa shape index (κ2) is 7.46. The van der Waals surface area contributed by atoms with Crippen LogP contribution in [0.15, 0.2) is 48.5 Å². The van der Waals surface area contributed by atoms with Crippen molar-refractivity contribution in [3.8, 4) is 5.75 Å². The Bertz CT molecular complexity index is 570. The molecule has 2 rings (SSSR count). The van der Waals surface area contributed by atoms with E-state index in [1.165, 1.54) is 0 Å². The normalized spacial score (nSPS) is 13.7. The van der Waals surface area contributed by atoms with Crippen LogP contribution in [0.25, 0.3) is 0 Å². The summed E-state index contributed by atoms with van der Waals surface area (Å²) < 4.78 is 11.2. The molecule has 0 aliphatic heterocycles. The number of aliphatic hydroxyl groups excluding tert-OH is 1. The second-order valence-electron chi connectivity index (χ2n) is 4.84. The standard InChI is InChI=1S/C17H19ClO3/c1-12(19)17(21-11-13-6-4-3-5-7-13)15-10-14(18)8-9-16(15)20-2/h3-10,12,17,19H,11H2,1-2H3. The molecule has 0 heterocycles. The van der Waals surface area contributed by atoms with Gasteiger partial charge in [0.1, 0.15) is 11.9 Å². The first-order valence-electron chi connectivity index (χ1n) is 6.79. The number of ether oxygens (including phenoxy) is 2. The van der Waals surface area contributed by atoms with Crippen molar-refractivity contribution in [3.63, 3.8) is 0 Å². The SMILES string of the molecule is COc1ccc(Cl)cc1C(OCc1ccccc1)C(C)O. The van der Waals surface area contributed by atoms with Crippen molar-refractivity contribution in [2.75, 3.05) is 7.11 Å². The minimum atomic E-state index is -0.680. The largest absolute Gasteiger partial charge is 0.496 e. The first-order valence-corrected chi connectivity index (χ1v) is 7.16. The molecular formula is C17H19ClO3. The lowest BCUT2D eigenvalue weighted by atomic mass is 10.0. The number of methoxy groups -OCH3 is 1. The first-order chi connectivity index (χ1) is 10.1. The lowest BCUT2D eigenvalue weighted by Gasteiger charge is -2.23. The summed E-state index contributed by atoms with van der Waals surface area (Å²) in [7, 11) is 1.59. The highest BCUT2D eigenvalue weighted by Crippen LogP contribution is 2.33. The van der Waals surface area contributed by atoms with Gasteiger partial charge in [0.2, 0.25) is 0 Å². The third kappa shape index (κ3) is 4.21. The van der Waals surface area contributed by atoms with Crippen LogP contribution in [0.5, 0.6) is 5.75 Å². The van der Waals surface area contributed by atoms with Crippen molar-refractivity contribution in [1.29, 1.82) is 0 Å². The summed E-state index contributed by atoms with van der Waals surface area (Å²) in [6.45, 7) is 2.10. The van der Waals surface area contributed by atoms with E-state index in [1.807, 2.05) is 30.3 Å². The molecule has 0 aromatic heterocycles. The van der Waals surface area contributed by atoms with Crippen LogP contribution in [-0.2, 0) is 11.3 Å². The Morgan fingerprint density at radius 2 is 1.86 bits per heavy atom. The summed E-state index contributed by atoms with van der Waals surface area (Å²) in [6, 6.07) is 15.1. The van der Waals surface area contributed by atoms with Crippen molar-refractivity contribution in [2.24, 2.45) is 0 Å². The lowest BCUT2D eigenvalue weighted by Crippen LogP contribution is -2.19. The molecule has 0 bridgehead atoms. The quantitative estimate of drug-likeness (QED) is 0.877. The van der Waals surface area contributed by atoms with Gasteiger partial charge in [-0.1, -0.05) is 41.9 Å².